The van der Waals surface area contributed by atoms with E-state index in [4.69, 9.17) is 4.74 Å². The van der Waals surface area contributed by atoms with Crippen molar-refractivity contribution in [2.24, 2.45) is 0 Å². The second kappa shape index (κ2) is 8.79. The van der Waals surface area contributed by atoms with Crippen molar-refractivity contribution >= 4 is 18.0 Å². The maximum atomic E-state index is 13.2. The van der Waals surface area contributed by atoms with Gasteiger partial charge in [0.1, 0.15) is 11.6 Å². The Hall–Kier alpha value is -4.00. The molecule has 7 heteroatoms. The van der Waals surface area contributed by atoms with Crippen molar-refractivity contribution in [3.63, 3.8) is 0 Å². The Balaban J connectivity index is 1.68. The molecule has 0 unspecified atom stereocenters. The molecule has 1 heterocycles. The fraction of sp³-hybridized carbons (Fsp3) is 0.125. The van der Waals surface area contributed by atoms with Crippen molar-refractivity contribution in [1.82, 2.24) is 10.7 Å². The Morgan fingerprint density at radius 1 is 1.06 bits per heavy atom. The van der Waals surface area contributed by atoms with Gasteiger partial charge in [-0.05, 0) is 42.5 Å². The number of hydrogen-bond acceptors (Lipinski definition) is 3. The van der Waals surface area contributed by atoms with Crippen molar-refractivity contribution in [2.45, 2.75) is 12.1 Å². The summed E-state index contributed by atoms with van der Waals surface area (Å²) in [7, 11) is 1.59. The van der Waals surface area contributed by atoms with E-state index in [0.717, 1.165) is 11.1 Å². The van der Waals surface area contributed by atoms with Crippen molar-refractivity contribution < 1.29 is 23.4 Å². The van der Waals surface area contributed by atoms with Crippen LogP contribution in [0.2, 0.25) is 0 Å². The molecular formula is C24H21FN3O3+. The monoisotopic (exact) mass is 418 g/mol. The average molecular weight is 418 g/mol. The number of rotatable bonds is 5. The van der Waals surface area contributed by atoms with Crippen LogP contribution >= 0.6 is 0 Å². The number of hydrazine groups is 1. The number of hydrogen-bond donors (Lipinski definition) is 2. The third-order valence-electron chi connectivity index (χ3n) is 5.05. The molecule has 0 spiro atoms. The molecule has 1 aliphatic rings. The first-order valence-electron chi connectivity index (χ1n) is 9.74. The highest BCUT2D eigenvalue weighted by Gasteiger charge is 2.47. The summed E-state index contributed by atoms with van der Waals surface area (Å²) in [6, 6.07) is 20.7. The first kappa shape index (κ1) is 20.3. The third-order valence-corrected chi connectivity index (χ3v) is 5.05. The van der Waals surface area contributed by atoms with Gasteiger partial charge in [-0.1, -0.05) is 36.4 Å². The lowest BCUT2D eigenvalue weighted by Gasteiger charge is -2.14. The predicted octanol–water partition coefficient (Wildman–Crippen LogP) is 2.85. The van der Waals surface area contributed by atoms with Crippen LogP contribution in [0.5, 0.6) is 5.75 Å². The van der Waals surface area contributed by atoms with Crippen LogP contribution in [0.3, 0.4) is 0 Å². The highest BCUT2D eigenvalue weighted by atomic mass is 19.1. The highest BCUT2D eigenvalue weighted by Crippen LogP contribution is 2.25. The molecule has 1 saturated heterocycles. The second-order valence-corrected chi connectivity index (χ2v) is 7.10. The first-order valence-corrected chi connectivity index (χ1v) is 9.74. The molecule has 3 aromatic carbocycles. The van der Waals surface area contributed by atoms with Gasteiger partial charge < -0.3 is 10.1 Å². The van der Waals surface area contributed by atoms with Gasteiger partial charge in [0.15, 0.2) is 6.04 Å². The fourth-order valence-electron chi connectivity index (χ4n) is 3.54. The molecule has 0 saturated carbocycles. The van der Waals surface area contributed by atoms with Crippen LogP contribution in [0, 0.1) is 5.82 Å². The van der Waals surface area contributed by atoms with E-state index in [1.165, 1.54) is 24.3 Å². The molecule has 1 fully saturated rings. The molecule has 6 nitrogen and oxygen atoms in total. The van der Waals surface area contributed by atoms with Gasteiger partial charge in [0, 0.05) is 16.7 Å². The Morgan fingerprint density at radius 3 is 2.52 bits per heavy atom. The molecule has 31 heavy (non-hydrogen) atoms. The minimum Gasteiger partial charge on any atom is -0.497 e. The molecule has 0 aliphatic carbocycles. The number of carbonyl (C=O) groups is 2. The molecule has 4 rings (SSSR count). The second-order valence-electron chi connectivity index (χ2n) is 7.10. The zero-order chi connectivity index (χ0) is 21.8. The Kier molecular flexibility index (Phi) is 5.75. The first-order chi connectivity index (χ1) is 15.0. The molecule has 3 aromatic rings. The van der Waals surface area contributed by atoms with Crippen LogP contribution in [0.4, 0.5) is 4.39 Å². The van der Waals surface area contributed by atoms with Crippen LogP contribution in [-0.2, 0) is 4.79 Å². The van der Waals surface area contributed by atoms with Crippen molar-refractivity contribution in [1.29, 1.82) is 0 Å². The van der Waals surface area contributed by atoms with E-state index in [1.807, 2.05) is 54.6 Å². The largest absolute Gasteiger partial charge is 0.497 e. The number of methoxy groups -OCH3 is 1. The zero-order valence-corrected chi connectivity index (χ0v) is 16.8. The fourth-order valence-corrected chi connectivity index (χ4v) is 3.54. The van der Waals surface area contributed by atoms with Gasteiger partial charge in [-0.15, -0.1) is 10.1 Å². The maximum Gasteiger partial charge on any atom is 0.304 e. The molecular weight excluding hydrogens is 397 g/mol. The quantitative estimate of drug-likeness (QED) is 0.626. The third kappa shape index (κ3) is 4.45. The smallest absolute Gasteiger partial charge is 0.304 e. The van der Waals surface area contributed by atoms with Gasteiger partial charge in [0.2, 0.25) is 12.3 Å². The Labute approximate surface area is 179 Å². The van der Waals surface area contributed by atoms with Gasteiger partial charge in [0.05, 0.1) is 7.11 Å². The van der Waals surface area contributed by atoms with Crippen LogP contribution < -0.4 is 15.5 Å². The number of benzene rings is 3. The lowest BCUT2D eigenvalue weighted by atomic mass is 10.00. The number of nitrogens with one attached hydrogen (secondary N) is 2. The Bertz CT molecular complexity index is 1130. The lowest BCUT2D eigenvalue weighted by Crippen LogP contribution is -2.42. The summed E-state index contributed by atoms with van der Waals surface area (Å²) in [5.74, 6) is -0.541. The summed E-state index contributed by atoms with van der Waals surface area (Å²) in [4.78, 5) is 25.6. The number of halogens is 1. The average Bonchev–Trinajstić information content (AvgIpc) is 3.09. The van der Waals surface area contributed by atoms with E-state index < -0.39 is 23.8 Å². The van der Waals surface area contributed by atoms with Crippen LogP contribution in [0.25, 0.3) is 0 Å². The zero-order valence-electron chi connectivity index (χ0n) is 16.8. The highest BCUT2D eigenvalue weighted by molar-refractivity contribution is 5.98. The molecule has 2 N–H and O–H groups in total. The van der Waals surface area contributed by atoms with Gasteiger partial charge in [-0.3, -0.25) is 9.59 Å². The van der Waals surface area contributed by atoms with E-state index >= 15 is 0 Å². The molecule has 0 aromatic heterocycles. The SMILES string of the molecule is COc1cccc(/C=[N+]2\NC(=O)[C@H](NC(=O)c3ccc(F)cc3)[C@@H]2c2ccccc2)c1. The number of amides is 2. The summed E-state index contributed by atoms with van der Waals surface area (Å²) in [5, 5.41) is 2.79. The summed E-state index contributed by atoms with van der Waals surface area (Å²) in [6.45, 7) is 0. The standard InChI is InChI=1S/C24H20FN3O3/c1-31-20-9-5-6-16(14-20)15-28-22(17-7-3-2-4-8-17)21(24(30)27-28)26-23(29)18-10-12-19(25)13-11-18/h2-15,21-22H,1H3,(H-,26,27,29,30)/p+1/b28-15-/t21-,22+/m1/s1. The number of carbonyl (C=O) groups excluding carboxylic acids is 2. The van der Waals surface area contributed by atoms with Crippen molar-refractivity contribution in [3.05, 3.63) is 101 Å². The van der Waals surface area contributed by atoms with Gasteiger partial charge in [0.25, 0.3) is 5.91 Å². The lowest BCUT2D eigenvalue weighted by molar-refractivity contribution is -0.596. The molecule has 156 valence electrons. The minimum atomic E-state index is -0.846. The molecule has 0 bridgehead atoms. The van der Waals surface area contributed by atoms with Crippen LogP contribution in [0.15, 0.2) is 78.9 Å². The van der Waals surface area contributed by atoms with E-state index in [2.05, 4.69) is 10.7 Å². The van der Waals surface area contributed by atoms with Crippen LogP contribution in [-0.4, -0.2) is 35.9 Å². The Morgan fingerprint density at radius 2 is 1.81 bits per heavy atom. The summed E-state index contributed by atoms with van der Waals surface area (Å²) >= 11 is 0. The molecule has 2 amide bonds. The predicted molar refractivity (Wildman–Crippen MR) is 113 cm³/mol. The van der Waals surface area contributed by atoms with E-state index in [0.29, 0.717) is 5.75 Å². The molecule has 2 atom stereocenters. The minimum absolute atomic E-state index is 0.274. The van der Waals surface area contributed by atoms with Gasteiger partial charge >= 0.3 is 5.91 Å². The van der Waals surface area contributed by atoms with Crippen molar-refractivity contribution in [3.8, 4) is 5.75 Å². The number of ether oxygens (including phenoxy) is 1. The normalized spacial score (nSPS) is 19.2. The number of hydrazone groups is 1. The summed E-state index contributed by atoms with van der Waals surface area (Å²) < 4.78 is 20.2. The van der Waals surface area contributed by atoms with E-state index in [-0.39, 0.29) is 11.5 Å². The van der Waals surface area contributed by atoms with Gasteiger partial charge in [-0.2, -0.15) is 0 Å². The summed E-state index contributed by atoms with van der Waals surface area (Å²) in [6.07, 6.45) is 1.79. The molecule has 1 aliphatic heterocycles. The topological polar surface area (TPSA) is 70.4 Å². The van der Waals surface area contributed by atoms with Gasteiger partial charge in [-0.25, -0.2) is 4.39 Å². The van der Waals surface area contributed by atoms with E-state index in [1.54, 1.807) is 18.0 Å². The van der Waals surface area contributed by atoms with Crippen LogP contribution in [0.1, 0.15) is 27.5 Å². The number of nitrogens with zero attached hydrogens (tertiary/aromatic N) is 1. The molecule has 0 radical (unpaired) electrons. The van der Waals surface area contributed by atoms with Crippen molar-refractivity contribution in [2.75, 3.05) is 7.11 Å². The maximum absolute atomic E-state index is 13.2. The van der Waals surface area contributed by atoms with E-state index in [9.17, 15) is 14.0 Å². The summed E-state index contributed by atoms with van der Waals surface area (Å²) in [5.41, 5.74) is 4.78.